The normalized spacial score (nSPS) is 17.2. The molecule has 0 radical (unpaired) electrons. The van der Waals surface area contributed by atoms with Gasteiger partial charge in [0.25, 0.3) is 0 Å². The number of rotatable bonds is 5. The molecule has 2 aromatic carbocycles. The van der Waals surface area contributed by atoms with Crippen LogP contribution in [0.5, 0.6) is 0 Å². The van der Waals surface area contributed by atoms with Gasteiger partial charge >= 0.3 is 0 Å². The Hall–Kier alpha value is -2.14. The molecule has 1 fully saturated rings. The second kappa shape index (κ2) is 8.08. The van der Waals surface area contributed by atoms with Gasteiger partial charge in [-0.05, 0) is 29.8 Å². The van der Waals surface area contributed by atoms with Crippen LogP contribution >= 0.6 is 0 Å². The van der Waals surface area contributed by atoms with Crippen molar-refractivity contribution >= 4 is 26.1 Å². The minimum atomic E-state index is -4.26. The third-order valence-corrected chi connectivity index (χ3v) is 7.78. The Labute approximate surface area is 162 Å². The average molecular weight is 428 g/mol. The number of hydrogen-bond acceptors (Lipinski definition) is 4. The lowest BCUT2D eigenvalue weighted by atomic mass is 10.2. The second-order valence-electron chi connectivity index (χ2n) is 6.14. The maximum absolute atomic E-state index is 13.9. The van der Waals surface area contributed by atoms with Crippen LogP contribution in [-0.2, 0) is 20.0 Å². The van der Waals surface area contributed by atoms with Gasteiger partial charge in [0, 0.05) is 31.6 Å². The SMILES string of the molecule is O=S(=O)(/C=C/c1ccccc1)N1CCN(S(=O)(=O)c2cc(F)ccc2F)CC1. The molecule has 0 amide bonds. The highest BCUT2D eigenvalue weighted by Gasteiger charge is 2.33. The quantitative estimate of drug-likeness (QED) is 0.732. The van der Waals surface area contributed by atoms with E-state index in [2.05, 4.69) is 0 Å². The highest BCUT2D eigenvalue weighted by Crippen LogP contribution is 2.22. The van der Waals surface area contributed by atoms with Gasteiger partial charge in [0.1, 0.15) is 16.5 Å². The van der Waals surface area contributed by atoms with Gasteiger partial charge in [-0.1, -0.05) is 30.3 Å². The number of nitrogens with zero attached hydrogens (tertiary/aromatic N) is 2. The first-order valence-electron chi connectivity index (χ1n) is 8.39. The molecule has 1 heterocycles. The summed E-state index contributed by atoms with van der Waals surface area (Å²) in [6.45, 7) is -0.483. The van der Waals surface area contributed by atoms with Gasteiger partial charge < -0.3 is 0 Å². The summed E-state index contributed by atoms with van der Waals surface area (Å²) in [7, 11) is -7.99. The number of benzene rings is 2. The molecule has 0 aromatic heterocycles. The van der Waals surface area contributed by atoms with Crippen molar-refractivity contribution in [1.82, 2.24) is 8.61 Å². The molecule has 0 aliphatic carbocycles. The summed E-state index contributed by atoms with van der Waals surface area (Å²) >= 11 is 0. The highest BCUT2D eigenvalue weighted by atomic mass is 32.2. The fourth-order valence-corrected chi connectivity index (χ4v) is 5.46. The predicted molar refractivity (Wildman–Crippen MR) is 101 cm³/mol. The summed E-state index contributed by atoms with van der Waals surface area (Å²) in [5, 5.41) is 1.07. The number of halogens is 2. The monoisotopic (exact) mass is 428 g/mol. The van der Waals surface area contributed by atoms with Gasteiger partial charge in [-0.25, -0.2) is 25.6 Å². The summed E-state index contributed by atoms with van der Waals surface area (Å²) in [5.41, 5.74) is 0.717. The van der Waals surface area contributed by atoms with Crippen molar-refractivity contribution in [2.45, 2.75) is 4.90 Å². The molecule has 1 aliphatic rings. The van der Waals surface area contributed by atoms with Crippen LogP contribution in [0.25, 0.3) is 6.08 Å². The standard InChI is InChI=1S/C18H18F2N2O4S2/c19-16-6-7-17(20)18(14-16)28(25,26)22-11-9-21(10-12-22)27(23,24)13-8-15-4-2-1-3-5-15/h1-8,13-14H,9-12H2/b13-8+. The summed E-state index contributed by atoms with van der Waals surface area (Å²) in [6.07, 6.45) is 1.46. The van der Waals surface area contributed by atoms with E-state index < -0.39 is 36.6 Å². The predicted octanol–water partition coefficient (Wildman–Crippen LogP) is 2.27. The molecule has 28 heavy (non-hydrogen) atoms. The van der Waals surface area contributed by atoms with Crippen molar-refractivity contribution in [2.75, 3.05) is 26.2 Å². The van der Waals surface area contributed by atoms with Crippen LogP contribution in [0.15, 0.2) is 58.8 Å². The molecule has 0 N–H and O–H groups in total. The van der Waals surface area contributed by atoms with Gasteiger partial charge in [-0.3, -0.25) is 0 Å². The third kappa shape index (κ3) is 4.46. The van der Waals surface area contributed by atoms with Crippen LogP contribution in [0.1, 0.15) is 5.56 Å². The smallest absolute Gasteiger partial charge is 0.208 e. The summed E-state index contributed by atoms with van der Waals surface area (Å²) in [4.78, 5) is -0.757. The maximum atomic E-state index is 13.9. The van der Waals surface area contributed by atoms with Crippen molar-refractivity contribution < 1.29 is 25.6 Å². The molecule has 6 nitrogen and oxygen atoms in total. The molecule has 1 aliphatic heterocycles. The van der Waals surface area contributed by atoms with E-state index in [1.807, 2.05) is 6.07 Å². The molecule has 1 saturated heterocycles. The lowest BCUT2D eigenvalue weighted by molar-refractivity contribution is 0.274. The van der Waals surface area contributed by atoms with Crippen molar-refractivity contribution in [1.29, 1.82) is 0 Å². The third-order valence-electron chi connectivity index (χ3n) is 4.30. The summed E-state index contributed by atoms with van der Waals surface area (Å²) in [5.74, 6) is -1.92. The zero-order chi connectivity index (χ0) is 20.4. The lowest BCUT2D eigenvalue weighted by Crippen LogP contribution is -2.50. The van der Waals surface area contributed by atoms with E-state index in [4.69, 9.17) is 0 Å². The number of hydrogen-bond donors (Lipinski definition) is 0. The van der Waals surface area contributed by atoms with E-state index in [0.29, 0.717) is 11.6 Å². The number of sulfonamides is 2. The topological polar surface area (TPSA) is 74.8 Å². The van der Waals surface area contributed by atoms with E-state index in [0.717, 1.165) is 26.2 Å². The van der Waals surface area contributed by atoms with Gasteiger partial charge in [0.15, 0.2) is 0 Å². The molecule has 150 valence electrons. The molecular weight excluding hydrogens is 410 g/mol. The largest absolute Gasteiger partial charge is 0.246 e. The molecule has 10 heteroatoms. The van der Waals surface area contributed by atoms with Crippen LogP contribution in [-0.4, -0.2) is 51.6 Å². The Kier molecular flexibility index (Phi) is 5.94. The van der Waals surface area contributed by atoms with Gasteiger partial charge in [0.2, 0.25) is 20.0 Å². The molecule has 0 bridgehead atoms. The van der Waals surface area contributed by atoms with Gasteiger partial charge in [-0.15, -0.1) is 0 Å². The maximum Gasteiger partial charge on any atom is 0.246 e. The van der Waals surface area contributed by atoms with E-state index in [-0.39, 0.29) is 26.2 Å². The molecule has 0 saturated carbocycles. The summed E-state index contributed by atoms with van der Waals surface area (Å²) < 4.78 is 79.3. The fraction of sp³-hybridized carbons (Fsp3) is 0.222. The van der Waals surface area contributed by atoms with Crippen LogP contribution in [0.2, 0.25) is 0 Å². The molecular formula is C18H18F2N2O4S2. The Morgan fingerprint density at radius 2 is 1.43 bits per heavy atom. The Bertz CT molecular complexity index is 1080. The molecule has 0 atom stereocenters. The average Bonchev–Trinajstić information content (AvgIpc) is 2.69. The van der Waals surface area contributed by atoms with E-state index in [1.54, 1.807) is 24.3 Å². The second-order valence-corrected chi connectivity index (χ2v) is 9.86. The molecule has 0 unspecified atom stereocenters. The van der Waals surface area contributed by atoms with Crippen molar-refractivity contribution in [2.24, 2.45) is 0 Å². The summed E-state index contributed by atoms with van der Waals surface area (Å²) in [6, 6.07) is 11.1. The minimum Gasteiger partial charge on any atom is -0.208 e. The minimum absolute atomic E-state index is 0.0857. The zero-order valence-corrected chi connectivity index (χ0v) is 16.3. The van der Waals surface area contributed by atoms with Crippen molar-refractivity contribution in [3.8, 4) is 0 Å². The zero-order valence-electron chi connectivity index (χ0n) is 14.7. The Morgan fingerprint density at radius 1 is 0.821 bits per heavy atom. The molecule has 3 rings (SSSR count). The van der Waals surface area contributed by atoms with Crippen molar-refractivity contribution in [3.05, 3.63) is 71.1 Å². The highest BCUT2D eigenvalue weighted by molar-refractivity contribution is 7.92. The Morgan fingerprint density at radius 3 is 2.07 bits per heavy atom. The molecule has 2 aromatic rings. The first-order valence-corrected chi connectivity index (χ1v) is 11.3. The van der Waals surface area contributed by atoms with Crippen LogP contribution < -0.4 is 0 Å². The van der Waals surface area contributed by atoms with E-state index >= 15 is 0 Å². The number of piperazine rings is 1. The van der Waals surface area contributed by atoms with E-state index in [1.165, 1.54) is 6.08 Å². The lowest BCUT2D eigenvalue weighted by Gasteiger charge is -2.32. The van der Waals surface area contributed by atoms with Crippen LogP contribution in [0.3, 0.4) is 0 Å². The van der Waals surface area contributed by atoms with Crippen LogP contribution in [0.4, 0.5) is 8.78 Å². The first kappa shape index (κ1) is 20.6. The first-order chi connectivity index (χ1) is 13.2. The fourth-order valence-electron chi connectivity index (χ4n) is 2.79. The molecule has 0 spiro atoms. The Balaban J connectivity index is 1.71. The van der Waals surface area contributed by atoms with Crippen LogP contribution in [0, 0.1) is 11.6 Å². The van der Waals surface area contributed by atoms with Crippen molar-refractivity contribution in [3.63, 3.8) is 0 Å². The van der Waals surface area contributed by atoms with E-state index in [9.17, 15) is 25.6 Å². The van der Waals surface area contributed by atoms with Gasteiger partial charge in [-0.2, -0.15) is 8.61 Å². The van der Waals surface area contributed by atoms with Gasteiger partial charge in [0.05, 0.1) is 0 Å².